The molecule has 0 aliphatic carbocycles. The maximum absolute atomic E-state index is 13.1. The first-order chi connectivity index (χ1) is 11.1. The Morgan fingerprint density at radius 2 is 2.13 bits per heavy atom. The number of likely N-dealkylation sites (N-methyl/N-ethyl adjacent to an activating group) is 1. The molecule has 3 heterocycles. The van der Waals surface area contributed by atoms with Gasteiger partial charge in [-0.2, -0.15) is 0 Å². The molecular formula is C18H18N4O. The Balaban J connectivity index is 1.85. The summed E-state index contributed by atoms with van der Waals surface area (Å²) in [5.41, 5.74) is 10.4. The number of pyridine rings is 1. The predicted octanol–water partition coefficient (Wildman–Crippen LogP) is 2.29. The molecule has 0 spiro atoms. The largest absolute Gasteiger partial charge is 0.397 e. The van der Waals surface area contributed by atoms with E-state index in [1.807, 2.05) is 30.5 Å². The third-order valence-corrected chi connectivity index (χ3v) is 4.52. The maximum atomic E-state index is 13.1. The summed E-state index contributed by atoms with van der Waals surface area (Å²) in [6.07, 6.45) is 6.20. The third kappa shape index (κ3) is 2.21. The van der Waals surface area contributed by atoms with Crippen LogP contribution in [0.25, 0.3) is 10.9 Å². The van der Waals surface area contributed by atoms with Gasteiger partial charge in [0.15, 0.2) is 0 Å². The Labute approximate surface area is 134 Å². The molecular weight excluding hydrogens is 288 g/mol. The second-order valence-corrected chi connectivity index (χ2v) is 6.09. The number of carbonyl (C=O) groups is 1. The van der Waals surface area contributed by atoms with Crippen molar-refractivity contribution in [3.8, 4) is 0 Å². The summed E-state index contributed by atoms with van der Waals surface area (Å²) in [4.78, 5) is 19.6. The molecule has 0 unspecified atom stereocenters. The molecule has 0 saturated heterocycles. The number of carbonyl (C=O) groups excluding carboxylic acids is 1. The third-order valence-electron chi connectivity index (χ3n) is 4.52. The minimum atomic E-state index is -0.0631. The zero-order valence-electron chi connectivity index (χ0n) is 13.0. The molecule has 23 heavy (non-hydrogen) atoms. The standard InChI is InChI=1S/C18H18N4O/c1-21-7-6-14-13(11-21)9-20-10-15(14)18(23)22-8-5-12-3-2-4-16(19)17(12)22/h2-5,8-10H,6-7,11,19H2,1H3. The summed E-state index contributed by atoms with van der Waals surface area (Å²) in [5.74, 6) is -0.0631. The minimum absolute atomic E-state index is 0.0631. The number of benzene rings is 1. The first-order valence-corrected chi connectivity index (χ1v) is 7.69. The van der Waals surface area contributed by atoms with Crippen molar-refractivity contribution in [1.29, 1.82) is 0 Å². The molecule has 5 nitrogen and oxygen atoms in total. The van der Waals surface area contributed by atoms with Crippen LogP contribution in [0.3, 0.4) is 0 Å². The summed E-state index contributed by atoms with van der Waals surface area (Å²) in [6, 6.07) is 7.59. The molecule has 0 bridgehead atoms. The van der Waals surface area contributed by atoms with Gasteiger partial charge in [-0.3, -0.25) is 14.3 Å². The van der Waals surface area contributed by atoms with E-state index in [1.165, 1.54) is 0 Å². The Morgan fingerprint density at radius 1 is 1.26 bits per heavy atom. The van der Waals surface area contributed by atoms with E-state index in [9.17, 15) is 4.79 Å². The van der Waals surface area contributed by atoms with Gasteiger partial charge in [-0.05, 0) is 36.7 Å². The zero-order chi connectivity index (χ0) is 16.0. The van der Waals surface area contributed by atoms with Crippen molar-refractivity contribution in [3.63, 3.8) is 0 Å². The monoisotopic (exact) mass is 306 g/mol. The van der Waals surface area contributed by atoms with E-state index < -0.39 is 0 Å². The number of fused-ring (bicyclic) bond motifs is 2. The number of nitrogens with two attached hydrogens (primary N) is 1. The molecule has 0 fully saturated rings. The van der Waals surface area contributed by atoms with Gasteiger partial charge >= 0.3 is 0 Å². The van der Waals surface area contributed by atoms with Crippen LogP contribution in [-0.2, 0) is 13.0 Å². The van der Waals surface area contributed by atoms with Crippen LogP contribution in [0, 0.1) is 0 Å². The van der Waals surface area contributed by atoms with Gasteiger partial charge in [0.25, 0.3) is 5.91 Å². The van der Waals surface area contributed by atoms with E-state index in [-0.39, 0.29) is 5.91 Å². The Kier molecular flexibility index (Phi) is 3.16. The van der Waals surface area contributed by atoms with Crippen LogP contribution in [0.1, 0.15) is 21.5 Å². The molecule has 5 heteroatoms. The number of aromatic nitrogens is 2. The molecule has 1 aliphatic rings. The zero-order valence-corrected chi connectivity index (χ0v) is 13.0. The highest BCUT2D eigenvalue weighted by atomic mass is 16.2. The van der Waals surface area contributed by atoms with Gasteiger partial charge in [0.05, 0.1) is 16.8 Å². The molecule has 0 radical (unpaired) electrons. The van der Waals surface area contributed by atoms with Gasteiger partial charge in [-0.1, -0.05) is 12.1 Å². The van der Waals surface area contributed by atoms with E-state index in [4.69, 9.17) is 5.73 Å². The van der Waals surface area contributed by atoms with Crippen molar-refractivity contribution in [2.75, 3.05) is 19.3 Å². The summed E-state index contributed by atoms with van der Waals surface area (Å²) < 4.78 is 1.64. The second kappa shape index (κ2) is 5.21. The van der Waals surface area contributed by atoms with Crippen LogP contribution in [0.4, 0.5) is 5.69 Å². The van der Waals surface area contributed by atoms with Crippen molar-refractivity contribution in [1.82, 2.24) is 14.5 Å². The predicted molar refractivity (Wildman–Crippen MR) is 90.4 cm³/mol. The molecule has 0 saturated carbocycles. The van der Waals surface area contributed by atoms with E-state index in [0.29, 0.717) is 11.3 Å². The van der Waals surface area contributed by atoms with Gasteiger partial charge in [-0.25, -0.2) is 0 Å². The number of hydrogen-bond donors (Lipinski definition) is 1. The lowest BCUT2D eigenvalue weighted by Gasteiger charge is -2.26. The first kappa shape index (κ1) is 14.0. The molecule has 2 aromatic heterocycles. The number of anilines is 1. The number of rotatable bonds is 1. The highest BCUT2D eigenvalue weighted by Gasteiger charge is 2.22. The van der Waals surface area contributed by atoms with Crippen molar-refractivity contribution < 1.29 is 4.79 Å². The fourth-order valence-electron chi connectivity index (χ4n) is 3.34. The SMILES string of the molecule is CN1CCc2c(cncc2C(=O)n2ccc3cccc(N)c32)C1. The lowest BCUT2D eigenvalue weighted by atomic mass is 9.97. The molecule has 116 valence electrons. The molecule has 3 aromatic rings. The van der Waals surface area contributed by atoms with Gasteiger partial charge in [-0.15, -0.1) is 0 Å². The molecule has 2 N–H and O–H groups in total. The molecule has 0 atom stereocenters. The van der Waals surface area contributed by atoms with Crippen LogP contribution in [0.2, 0.25) is 0 Å². The molecule has 0 amide bonds. The van der Waals surface area contributed by atoms with Gasteiger partial charge in [0, 0.05) is 37.1 Å². The Hall–Kier alpha value is -2.66. The first-order valence-electron chi connectivity index (χ1n) is 7.69. The average Bonchev–Trinajstić information content (AvgIpc) is 2.99. The van der Waals surface area contributed by atoms with Crippen LogP contribution >= 0.6 is 0 Å². The van der Waals surface area contributed by atoms with Gasteiger partial charge < -0.3 is 10.6 Å². The van der Waals surface area contributed by atoms with E-state index in [2.05, 4.69) is 16.9 Å². The lowest BCUT2D eigenvalue weighted by molar-refractivity contribution is 0.0963. The highest BCUT2D eigenvalue weighted by molar-refractivity contribution is 6.05. The Morgan fingerprint density at radius 3 is 3.00 bits per heavy atom. The minimum Gasteiger partial charge on any atom is -0.397 e. The normalized spacial score (nSPS) is 14.8. The fourth-order valence-corrected chi connectivity index (χ4v) is 3.34. The Bertz CT molecular complexity index is 913. The second-order valence-electron chi connectivity index (χ2n) is 6.09. The van der Waals surface area contributed by atoms with Gasteiger partial charge in [0.2, 0.25) is 0 Å². The summed E-state index contributed by atoms with van der Waals surface area (Å²) in [6.45, 7) is 1.78. The van der Waals surface area contributed by atoms with Gasteiger partial charge in [0.1, 0.15) is 0 Å². The van der Waals surface area contributed by atoms with Crippen molar-refractivity contribution in [3.05, 3.63) is 59.5 Å². The smallest absolute Gasteiger partial charge is 0.264 e. The van der Waals surface area contributed by atoms with Crippen molar-refractivity contribution in [2.45, 2.75) is 13.0 Å². The average molecular weight is 306 g/mol. The van der Waals surface area contributed by atoms with Crippen LogP contribution in [0.15, 0.2) is 42.9 Å². The number of nitrogen functional groups attached to an aromatic ring is 1. The fraction of sp³-hybridized carbons (Fsp3) is 0.222. The molecule has 4 rings (SSSR count). The summed E-state index contributed by atoms with van der Waals surface area (Å²) in [5, 5.41) is 0.968. The highest BCUT2D eigenvalue weighted by Crippen LogP contribution is 2.26. The number of hydrogen-bond acceptors (Lipinski definition) is 4. The van der Waals surface area contributed by atoms with Crippen LogP contribution in [0.5, 0.6) is 0 Å². The molecule has 1 aliphatic heterocycles. The summed E-state index contributed by atoms with van der Waals surface area (Å²) >= 11 is 0. The quantitative estimate of drug-likeness (QED) is 0.701. The van der Waals surface area contributed by atoms with Crippen molar-refractivity contribution >= 4 is 22.5 Å². The molecule has 1 aromatic carbocycles. The number of nitrogens with zero attached hydrogens (tertiary/aromatic N) is 3. The van der Waals surface area contributed by atoms with E-state index in [1.54, 1.807) is 17.0 Å². The van der Waals surface area contributed by atoms with E-state index >= 15 is 0 Å². The topological polar surface area (TPSA) is 64.2 Å². The van der Waals surface area contributed by atoms with E-state index in [0.717, 1.165) is 41.5 Å². The van der Waals surface area contributed by atoms with Crippen LogP contribution in [-0.4, -0.2) is 34.0 Å². The number of para-hydroxylation sites is 1. The van der Waals surface area contributed by atoms with Crippen molar-refractivity contribution in [2.24, 2.45) is 0 Å². The van der Waals surface area contributed by atoms with Crippen LogP contribution < -0.4 is 5.73 Å². The lowest BCUT2D eigenvalue weighted by Crippen LogP contribution is -2.29. The maximum Gasteiger partial charge on any atom is 0.264 e. The summed E-state index contributed by atoms with van der Waals surface area (Å²) in [7, 11) is 2.08.